The normalized spacial score (nSPS) is 14.3. The lowest BCUT2D eigenvalue weighted by molar-refractivity contribution is -0.117. The van der Waals surface area contributed by atoms with Crippen LogP contribution in [0.2, 0.25) is 0 Å². The van der Waals surface area contributed by atoms with Crippen LogP contribution in [0.1, 0.15) is 18.5 Å². The smallest absolute Gasteiger partial charge is 0.229 e. The highest BCUT2D eigenvalue weighted by molar-refractivity contribution is 7.19. The van der Waals surface area contributed by atoms with Crippen LogP contribution in [-0.2, 0) is 4.79 Å². The molecule has 3 rings (SSSR count). The van der Waals surface area contributed by atoms with Crippen molar-refractivity contribution in [3.63, 3.8) is 0 Å². The summed E-state index contributed by atoms with van der Waals surface area (Å²) in [5.41, 5.74) is 1.83. The van der Waals surface area contributed by atoms with Gasteiger partial charge in [-0.2, -0.15) is 0 Å². The molecule has 0 aromatic carbocycles. The fourth-order valence-electron chi connectivity index (χ4n) is 2.09. The summed E-state index contributed by atoms with van der Waals surface area (Å²) in [6, 6.07) is 0. The summed E-state index contributed by atoms with van der Waals surface area (Å²) < 4.78 is 0. The molecular weight excluding hydrogens is 330 g/mol. The number of carbonyl (C=O) groups excluding carboxylic acids is 1. The number of aromatic nitrogens is 2. The van der Waals surface area contributed by atoms with E-state index in [0.717, 1.165) is 47.3 Å². The van der Waals surface area contributed by atoms with Crippen molar-refractivity contribution in [2.75, 3.05) is 37.8 Å². The third kappa shape index (κ3) is 4.27. The lowest BCUT2D eigenvalue weighted by Crippen LogP contribution is -2.20. The molecule has 1 amide bonds. The highest BCUT2D eigenvalue weighted by Gasteiger charge is 2.30. The Morgan fingerprint density at radius 1 is 1.35 bits per heavy atom. The molecular formula is C15H21N5OS2. The van der Waals surface area contributed by atoms with E-state index < -0.39 is 0 Å². The Hall–Kier alpha value is -1.51. The third-order valence-corrected chi connectivity index (χ3v) is 5.44. The number of thiazole rings is 2. The first-order chi connectivity index (χ1) is 11.0. The van der Waals surface area contributed by atoms with E-state index in [-0.39, 0.29) is 11.8 Å². The molecule has 8 heteroatoms. The predicted molar refractivity (Wildman–Crippen MR) is 96.4 cm³/mol. The van der Waals surface area contributed by atoms with E-state index in [2.05, 4.69) is 25.5 Å². The minimum atomic E-state index is 0.0922. The van der Waals surface area contributed by atoms with Crippen LogP contribution < -0.4 is 10.6 Å². The fourth-order valence-corrected chi connectivity index (χ4v) is 3.82. The van der Waals surface area contributed by atoms with E-state index in [4.69, 9.17) is 0 Å². The van der Waals surface area contributed by atoms with Gasteiger partial charge in [-0.1, -0.05) is 11.3 Å². The Kier molecular flexibility index (Phi) is 4.93. The molecule has 2 aromatic rings. The highest BCUT2D eigenvalue weighted by atomic mass is 32.1. The van der Waals surface area contributed by atoms with Gasteiger partial charge in [0, 0.05) is 24.4 Å². The van der Waals surface area contributed by atoms with Gasteiger partial charge in [0.15, 0.2) is 10.3 Å². The fraction of sp³-hybridized carbons (Fsp3) is 0.533. The van der Waals surface area contributed by atoms with E-state index in [1.54, 1.807) is 11.3 Å². The Morgan fingerprint density at radius 2 is 2.13 bits per heavy atom. The van der Waals surface area contributed by atoms with Gasteiger partial charge in [0.1, 0.15) is 0 Å². The van der Waals surface area contributed by atoms with Crippen molar-refractivity contribution in [2.24, 2.45) is 5.92 Å². The molecule has 0 unspecified atom stereocenters. The summed E-state index contributed by atoms with van der Waals surface area (Å²) in [6.07, 6.45) is 1.99. The van der Waals surface area contributed by atoms with E-state index in [9.17, 15) is 4.79 Å². The standard InChI is InChI=1S/C15H21N5OS2/c1-9-12(23-15(17-9)19-13(21)10-4-5-10)11-8-22-14(18-11)16-6-7-20(2)3/h8,10H,4-7H2,1-3H3,(H,16,18)(H,17,19,21). The zero-order valence-electron chi connectivity index (χ0n) is 13.5. The predicted octanol–water partition coefficient (Wildman–Crippen LogP) is 2.90. The minimum absolute atomic E-state index is 0.0922. The average Bonchev–Trinajstić information content (AvgIpc) is 3.14. The number of anilines is 2. The summed E-state index contributed by atoms with van der Waals surface area (Å²) >= 11 is 3.09. The molecule has 0 radical (unpaired) electrons. The van der Waals surface area contributed by atoms with Gasteiger partial charge in [0.05, 0.1) is 16.3 Å². The van der Waals surface area contributed by atoms with Crippen molar-refractivity contribution >= 4 is 38.8 Å². The van der Waals surface area contributed by atoms with Crippen LogP contribution in [0.25, 0.3) is 10.6 Å². The molecule has 0 spiro atoms. The monoisotopic (exact) mass is 351 g/mol. The Bertz CT molecular complexity index is 690. The molecule has 0 saturated heterocycles. The van der Waals surface area contributed by atoms with Crippen LogP contribution in [0.5, 0.6) is 0 Å². The van der Waals surface area contributed by atoms with Gasteiger partial charge in [-0.15, -0.1) is 11.3 Å². The van der Waals surface area contributed by atoms with Gasteiger partial charge in [0.2, 0.25) is 5.91 Å². The second-order valence-electron chi connectivity index (χ2n) is 5.97. The number of amides is 1. The molecule has 124 valence electrons. The molecule has 1 aliphatic rings. The Morgan fingerprint density at radius 3 is 2.83 bits per heavy atom. The van der Waals surface area contributed by atoms with E-state index in [0.29, 0.717) is 5.13 Å². The maximum atomic E-state index is 11.8. The van der Waals surface area contributed by atoms with Crippen LogP contribution in [-0.4, -0.2) is 48.0 Å². The van der Waals surface area contributed by atoms with Gasteiger partial charge in [-0.05, 0) is 33.9 Å². The van der Waals surface area contributed by atoms with Gasteiger partial charge in [0.25, 0.3) is 0 Å². The van der Waals surface area contributed by atoms with Crippen molar-refractivity contribution in [1.82, 2.24) is 14.9 Å². The molecule has 1 aliphatic carbocycles. The molecule has 2 N–H and O–H groups in total. The number of hydrogen-bond donors (Lipinski definition) is 2. The molecule has 2 heterocycles. The van der Waals surface area contributed by atoms with Crippen molar-refractivity contribution in [3.05, 3.63) is 11.1 Å². The van der Waals surface area contributed by atoms with Gasteiger partial charge < -0.3 is 15.5 Å². The molecule has 1 fully saturated rings. The van der Waals surface area contributed by atoms with Crippen LogP contribution >= 0.6 is 22.7 Å². The van der Waals surface area contributed by atoms with E-state index in [1.807, 2.05) is 26.4 Å². The molecule has 0 bridgehead atoms. The summed E-state index contributed by atoms with van der Waals surface area (Å²) in [6.45, 7) is 3.78. The number of rotatable bonds is 7. The summed E-state index contributed by atoms with van der Waals surface area (Å²) in [4.78, 5) is 24.1. The molecule has 6 nitrogen and oxygen atoms in total. The number of hydrogen-bond acceptors (Lipinski definition) is 7. The molecule has 0 atom stereocenters. The lowest BCUT2D eigenvalue weighted by Gasteiger charge is -2.08. The quantitative estimate of drug-likeness (QED) is 0.803. The zero-order chi connectivity index (χ0) is 16.4. The van der Waals surface area contributed by atoms with Gasteiger partial charge >= 0.3 is 0 Å². The number of nitrogens with one attached hydrogen (secondary N) is 2. The highest BCUT2D eigenvalue weighted by Crippen LogP contribution is 2.36. The number of nitrogens with zero attached hydrogens (tertiary/aromatic N) is 3. The van der Waals surface area contributed by atoms with Gasteiger partial charge in [-0.3, -0.25) is 4.79 Å². The zero-order valence-corrected chi connectivity index (χ0v) is 15.2. The molecule has 2 aromatic heterocycles. The average molecular weight is 352 g/mol. The summed E-state index contributed by atoms with van der Waals surface area (Å²) in [5.74, 6) is 0.282. The summed E-state index contributed by atoms with van der Waals surface area (Å²) in [7, 11) is 4.10. The second kappa shape index (κ2) is 6.94. The number of aryl methyl sites for hydroxylation is 1. The first-order valence-corrected chi connectivity index (χ1v) is 9.35. The summed E-state index contributed by atoms with van der Waals surface area (Å²) in [5, 5.41) is 9.86. The van der Waals surface area contributed by atoms with Crippen molar-refractivity contribution in [1.29, 1.82) is 0 Å². The van der Waals surface area contributed by atoms with E-state index >= 15 is 0 Å². The first-order valence-electron chi connectivity index (χ1n) is 7.65. The SMILES string of the molecule is Cc1nc(NC(=O)C2CC2)sc1-c1csc(NCCN(C)C)n1. The number of carbonyl (C=O) groups is 1. The van der Waals surface area contributed by atoms with Gasteiger partial charge in [-0.25, -0.2) is 9.97 Å². The third-order valence-electron chi connectivity index (χ3n) is 3.55. The topological polar surface area (TPSA) is 70.2 Å². The van der Waals surface area contributed by atoms with Crippen LogP contribution in [0.15, 0.2) is 5.38 Å². The van der Waals surface area contributed by atoms with Crippen LogP contribution in [0, 0.1) is 12.8 Å². The maximum Gasteiger partial charge on any atom is 0.229 e. The Balaban J connectivity index is 1.65. The molecule has 23 heavy (non-hydrogen) atoms. The van der Waals surface area contributed by atoms with Crippen molar-refractivity contribution in [3.8, 4) is 10.6 Å². The van der Waals surface area contributed by atoms with Crippen LogP contribution in [0.3, 0.4) is 0 Å². The second-order valence-corrected chi connectivity index (χ2v) is 7.82. The molecule has 0 aliphatic heterocycles. The van der Waals surface area contributed by atoms with E-state index in [1.165, 1.54) is 11.3 Å². The minimum Gasteiger partial charge on any atom is -0.360 e. The Labute approximate surface area is 144 Å². The van der Waals surface area contributed by atoms with Crippen LogP contribution in [0.4, 0.5) is 10.3 Å². The number of likely N-dealkylation sites (N-methyl/N-ethyl adjacent to an activating group) is 1. The largest absolute Gasteiger partial charge is 0.360 e. The first kappa shape index (κ1) is 16.4. The lowest BCUT2D eigenvalue weighted by atomic mass is 10.3. The molecule has 1 saturated carbocycles. The van der Waals surface area contributed by atoms with Crippen molar-refractivity contribution in [2.45, 2.75) is 19.8 Å². The van der Waals surface area contributed by atoms with Crippen molar-refractivity contribution < 1.29 is 4.79 Å². The maximum absolute atomic E-state index is 11.8.